The average Bonchev–Trinajstić information content (AvgIpc) is 3.46. The molecule has 2 aromatic heterocycles. The van der Waals surface area contributed by atoms with Gasteiger partial charge in [0, 0.05) is 27.5 Å². The van der Waals surface area contributed by atoms with E-state index in [1.807, 2.05) is 84.9 Å². The van der Waals surface area contributed by atoms with E-state index in [0.29, 0.717) is 0 Å². The van der Waals surface area contributed by atoms with E-state index in [4.69, 9.17) is 9.40 Å². The molecule has 8 aromatic rings. The summed E-state index contributed by atoms with van der Waals surface area (Å²) < 4.78 is 33.3. The number of hydrogen-bond donors (Lipinski definition) is 0. The third kappa shape index (κ3) is 5.00. The fraction of sp³-hybridized carbons (Fsp3) is 0.0465. The molecule has 1 aliphatic rings. The van der Waals surface area contributed by atoms with Crippen molar-refractivity contribution in [2.24, 2.45) is 0 Å². The zero-order valence-corrected chi connectivity index (χ0v) is 26.7. The van der Waals surface area contributed by atoms with E-state index in [2.05, 4.69) is 66.7 Å². The highest BCUT2D eigenvalue weighted by Crippen LogP contribution is 2.41. The van der Waals surface area contributed by atoms with Crippen LogP contribution in [0.3, 0.4) is 0 Å². The van der Waals surface area contributed by atoms with Gasteiger partial charge in [0.1, 0.15) is 11.2 Å². The Kier molecular flexibility index (Phi) is 6.63. The molecular formula is C43H29NO3S. The second-order valence-electron chi connectivity index (χ2n) is 12.4. The molecule has 0 N–H and O–H groups in total. The summed E-state index contributed by atoms with van der Waals surface area (Å²) >= 11 is 0. The van der Waals surface area contributed by atoms with Gasteiger partial charge in [0.15, 0.2) is 9.84 Å². The van der Waals surface area contributed by atoms with Crippen LogP contribution in [0.15, 0.2) is 156 Å². The number of sulfone groups is 1. The molecule has 230 valence electrons. The number of para-hydroxylation sites is 2. The number of aromatic nitrogens is 1. The zero-order valence-electron chi connectivity index (χ0n) is 25.9. The summed E-state index contributed by atoms with van der Waals surface area (Å²) in [6.07, 6.45) is 0. The van der Waals surface area contributed by atoms with Crippen LogP contribution in [0.25, 0.3) is 77.8 Å². The fourth-order valence-corrected chi connectivity index (χ4v) is 8.53. The van der Waals surface area contributed by atoms with Gasteiger partial charge in [0.05, 0.1) is 22.9 Å². The van der Waals surface area contributed by atoms with Crippen LogP contribution in [0, 0.1) is 0 Å². The first-order valence-electron chi connectivity index (χ1n) is 16.0. The van der Waals surface area contributed by atoms with E-state index in [-0.39, 0.29) is 11.5 Å². The number of fused-ring (bicyclic) bond motifs is 6. The monoisotopic (exact) mass is 639 g/mol. The van der Waals surface area contributed by atoms with Crippen molar-refractivity contribution in [2.45, 2.75) is 11.5 Å². The Morgan fingerprint density at radius 3 is 1.85 bits per heavy atom. The van der Waals surface area contributed by atoms with Crippen molar-refractivity contribution in [2.75, 3.05) is 0 Å². The van der Waals surface area contributed by atoms with E-state index in [0.717, 1.165) is 89.0 Å². The Labute approximate surface area is 278 Å². The van der Waals surface area contributed by atoms with E-state index in [9.17, 15) is 8.42 Å². The van der Waals surface area contributed by atoms with Gasteiger partial charge in [0.2, 0.25) is 0 Å². The number of benzene rings is 6. The van der Waals surface area contributed by atoms with Crippen molar-refractivity contribution >= 4 is 31.8 Å². The minimum absolute atomic E-state index is 0.00728. The van der Waals surface area contributed by atoms with Crippen LogP contribution in [0.1, 0.15) is 11.1 Å². The number of furan rings is 1. The first-order valence-corrected chi connectivity index (χ1v) is 17.8. The predicted molar refractivity (Wildman–Crippen MR) is 195 cm³/mol. The van der Waals surface area contributed by atoms with Gasteiger partial charge in [0.25, 0.3) is 0 Å². The molecule has 9 rings (SSSR count). The topological polar surface area (TPSA) is 60.2 Å². The molecule has 1 aliphatic heterocycles. The van der Waals surface area contributed by atoms with Gasteiger partial charge < -0.3 is 4.42 Å². The summed E-state index contributed by atoms with van der Waals surface area (Å²) in [7, 11) is -3.40. The molecule has 0 bridgehead atoms. The number of nitrogens with zero attached hydrogens (tertiary/aromatic N) is 1. The van der Waals surface area contributed by atoms with Crippen LogP contribution in [0.5, 0.6) is 0 Å². The van der Waals surface area contributed by atoms with E-state index >= 15 is 0 Å². The van der Waals surface area contributed by atoms with Crippen LogP contribution in [-0.4, -0.2) is 13.4 Å². The summed E-state index contributed by atoms with van der Waals surface area (Å²) in [5, 5.41) is 2.11. The zero-order chi connectivity index (χ0) is 32.2. The van der Waals surface area contributed by atoms with Crippen LogP contribution < -0.4 is 0 Å². The molecule has 48 heavy (non-hydrogen) atoms. The second-order valence-corrected chi connectivity index (χ2v) is 14.5. The first-order chi connectivity index (χ1) is 23.5. The van der Waals surface area contributed by atoms with Crippen molar-refractivity contribution in [3.05, 3.63) is 163 Å². The number of rotatable bonds is 4. The van der Waals surface area contributed by atoms with E-state index < -0.39 is 9.84 Å². The SMILES string of the molecule is O=S1(=O)Cc2cc(-c3cccc4c3oc3ccccc34)ccc2-c2cc(-c3cc(-c4ccccc4)nc(-c4ccccc4)c3)ccc2C1. The molecule has 6 aromatic carbocycles. The lowest BCUT2D eigenvalue weighted by molar-refractivity contribution is 0.595. The maximum atomic E-state index is 13.5. The van der Waals surface area contributed by atoms with Gasteiger partial charge in [-0.1, -0.05) is 121 Å². The molecule has 0 fully saturated rings. The lowest BCUT2D eigenvalue weighted by Crippen LogP contribution is -2.05. The van der Waals surface area contributed by atoms with Crippen LogP contribution in [0.2, 0.25) is 0 Å². The number of pyridine rings is 1. The van der Waals surface area contributed by atoms with Crippen molar-refractivity contribution in [3.63, 3.8) is 0 Å². The summed E-state index contributed by atoms with van der Waals surface area (Å²) in [5.74, 6) is -0.0332. The lowest BCUT2D eigenvalue weighted by Gasteiger charge is -2.14. The summed E-state index contributed by atoms with van der Waals surface area (Å²) in [6, 6.07) is 51.2. The third-order valence-electron chi connectivity index (χ3n) is 9.27. The van der Waals surface area contributed by atoms with Crippen molar-refractivity contribution in [1.82, 2.24) is 4.98 Å². The second kappa shape index (κ2) is 11.2. The van der Waals surface area contributed by atoms with Crippen molar-refractivity contribution in [1.29, 1.82) is 0 Å². The molecule has 0 amide bonds. The highest BCUT2D eigenvalue weighted by Gasteiger charge is 2.25. The van der Waals surface area contributed by atoms with Crippen LogP contribution >= 0.6 is 0 Å². The van der Waals surface area contributed by atoms with Gasteiger partial charge in [-0.25, -0.2) is 13.4 Å². The van der Waals surface area contributed by atoms with Gasteiger partial charge in [-0.05, 0) is 69.3 Å². The molecule has 0 spiro atoms. The van der Waals surface area contributed by atoms with Gasteiger partial charge >= 0.3 is 0 Å². The average molecular weight is 640 g/mol. The summed E-state index contributed by atoms with van der Waals surface area (Å²) in [5.41, 5.74) is 12.9. The fourth-order valence-electron chi connectivity index (χ4n) is 6.99. The minimum atomic E-state index is -3.40. The quantitative estimate of drug-likeness (QED) is 0.192. The largest absolute Gasteiger partial charge is 0.455 e. The van der Waals surface area contributed by atoms with Gasteiger partial charge in [-0.2, -0.15) is 0 Å². The molecule has 0 saturated heterocycles. The van der Waals surface area contributed by atoms with E-state index in [1.54, 1.807) is 0 Å². The normalized spacial score (nSPS) is 13.6. The Hall–Kier alpha value is -5.78. The maximum Gasteiger partial charge on any atom is 0.158 e. The summed E-state index contributed by atoms with van der Waals surface area (Å²) in [6.45, 7) is 0. The molecular weight excluding hydrogens is 611 g/mol. The molecule has 0 atom stereocenters. The standard InChI is InChI=1S/C43H29NO3S/c45-48(46)26-32-19-18-30(33-24-40(28-10-3-1-4-11-28)44-41(25-33)29-12-5-2-6-13-29)23-39(32)35-21-20-31(22-34(35)27-48)36-15-9-16-38-37-14-7-8-17-42(37)47-43(36)38/h1-25H,26-27H2. The molecule has 0 radical (unpaired) electrons. The number of hydrogen-bond acceptors (Lipinski definition) is 4. The van der Waals surface area contributed by atoms with Gasteiger partial charge in [-0.15, -0.1) is 0 Å². The first kappa shape index (κ1) is 28.4. The molecule has 3 heterocycles. The molecule has 0 unspecified atom stereocenters. The van der Waals surface area contributed by atoms with Crippen LogP contribution in [-0.2, 0) is 21.3 Å². The lowest BCUT2D eigenvalue weighted by atomic mass is 9.90. The van der Waals surface area contributed by atoms with Crippen molar-refractivity contribution in [3.8, 4) is 55.9 Å². The Balaban J connectivity index is 1.20. The highest BCUT2D eigenvalue weighted by atomic mass is 32.2. The predicted octanol–water partition coefficient (Wildman–Crippen LogP) is 10.7. The summed E-state index contributed by atoms with van der Waals surface area (Å²) in [4.78, 5) is 5.04. The molecule has 5 heteroatoms. The Morgan fingerprint density at radius 2 is 1.10 bits per heavy atom. The van der Waals surface area contributed by atoms with E-state index in [1.165, 1.54) is 0 Å². The molecule has 4 nitrogen and oxygen atoms in total. The Bertz CT molecular complexity index is 2570. The smallest absolute Gasteiger partial charge is 0.158 e. The molecule has 0 saturated carbocycles. The minimum Gasteiger partial charge on any atom is -0.455 e. The third-order valence-corrected chi connectivity index (χ3v) is 10.8. The maximum absolute atomic E-state index is 13.5. The molecule has 0 aliphatic carbocycles. The van der Waals surface area contributed by atoms with Crippen molar-refractivity contribution < 1.29 is 12.8 Å². The Morgan fingerprint density at radius 1 is 0.458 bits per heavy atom. The van der Waals surface area contributed by atoms with Crippen LogP contribution in [0.4, 0.5) is 0 Å². The van der Waals surface area contributed by atoms with Gasteiger partial charge in [-0.3, -0.25) is 0 Å². The highest BCUT2D eigenvalue weighted by molar-refractivity contribution is 7.89.